The number of pyridine rings is 1. The second kappa shape index (κ2) is 5.47. The lowest BCUT2D eigenvalue weighted by molar-refractivity contribution is 0.463. The van der Waals surface area contributed by atoms with E-state index in [1.54, 1.807) is 0 Å². The molecule has 1 aromatic rings. The standard InChI is InChI=1S/C11H17BrN2/c1-8(2)10(3-5-13)11-7-9(12)4-6-14-11/h4,6-8,10H,3,5,13H2,1-2H3. The molecule has 0 amide bonds. The molecule has 0 saturated heterocycles. The van der Waals surface area contributed by atoms with E-state index in [0.717, 1.165) is 23.1 Å². The first-order valence-corrected chi connectivity index (χ1v) is 5.76. The first-order valence-electron chi connectivity index (χ1n) is 4.96. The summed E-state index contributed by atoms with van der Waals surface area (Å²) >= 11 is 3.46. The molecule has 78 valence electrons. The number of aromatic nitrogens is 1. The maximum absolute atomic E-state index is 5.60. The molecule has 0 radical (unpaired) electrons. The smallest absolute Gasteiger partial charge is 0.0448 e. The third-order valence-corrected chi connectivity index (χ3v) is 2.90. The van der Waals surface area contributed by atoms with Gasteiger partial charge in [0.15, 0.2) is 0 Å². The van der Waals surface area contributed by atoms with Gasteiger partial charge in [-0.1, -0.05) is 29.8 Å². The van der Waals surface area contributed by atoms with Gasteiger partial charge in [0.25, 0.3) is 0 Å². The predicted octanol–water partition coefficient (Wildman–Crippen LogP) is 2.93. The van der Waals surface area contributed by atoms with Crippen molar-refractivity contribution in [1.82, 2.24) is 4.98 Å². The van der Waals surface area contributed by atoms with E-state index in [4.69, 9.17) is 5.73 Å². The molecule has 0 bridgehead atoms. The van der Waals surface area contributed by atoms with Crippen LogP contribution in [0.4, 0.5) is 0 Å². The third-order valence-electron chi connectivity index (χ3n) is 2.41. The van der Waals surface area contributed by atoms with E-state index in [1.165, 1.54) is 0 Å². The van der Waals surface area contributed by atoms with Crippen LogP contribution in [0.5, 0.6) is 0 Å². The summed E-state index contributed by atoms with van der Waals surface area (Å²) in [7, 11) is 0. The maximum Gasteiger partial charge on any atom is 0.0448 e. The maximum atomic E-state index is 5.60. The van der Waals surface area contributed by atoms with Crippen LogP contribution in [0.2, 0.25) is 0 Å². The normalized spacial score (nSPS) is 13.2. The highest BCUT2D eigenvalue weighted by Crippen LogP contribution is 2.27. The average Bonchev–Trinajstić information content (AvgIpc) is 2.13. The van der Waals surface area contributed by atoms with Crippen molar-refractivity contribution >= 4 is 15.9 Å². The zero-order valence-corrected chi connectivity index (χ0v) is 10.3. The fourth-order valence-electron chi connectivity index (χ4n) is 1.63. The van der Waals surface area contributed by atoms with Gasteiger partial charge in [-0.3, -0.25) is 4.98 Å². The van der Waals surface area contributed by atoms with Gasteiger partial charge in [0.1, 0.15) is 0 Å². The number of halogens is 1. The fourth-order valence-corrected chi connectivity index (χ4v) is 1.98. The molecule has 2 nitrogen and oxygen atoms in total. The average molecular weight is 257 g/mol. The molecule has 0 aromatic carbocycles. The zero-order chi connectivity index (χ0) is 10.6. The molecule has 1 aromatic heterocycles. The van der Waals surface area contributed by atoms with E-state index in [-0.39, 0.29) is 0 Å². The van der Waals surface area contributed by atoms with Crippen LogP contribution >= 0.6 is 15.9 Å². The van der Waals surface area contributed by atoms with E-state index in [9.17, 15) is 0 Å². The SMILES string of the molecule is CC(C)C(CCN)c1cc(Br)ccn1. The van der Waals surface area contributed by atoms with Gasteiger partial charge in [0.2, 0.25) is 0 Å². The van der Waals surface area contributed by atoms with E-state index in [1.807, 2.05) is 12.3 Å². The van der Waals surface area contributed by atoms with Crippen molar-refractivity contribution in [2.75, 3.05) is 6.54 Å². The highest BCUT2D eigenvalue weighted by Gasteiger charge is 2.16. The Hall–Kier alpha value is -0.410. The van der Waals surface area contributed by atoms with Crippen LogP contribution in [0.25, 0.3) is 0 Å². The highest BCUT2D eigenvalue weighted by atomic mass is 79.9. The molecule has 0 spiro atoms. The Labute approximate surface area is 94.0 Å². The van der Waals surface area contributed by atoms with Gasteiger partial charge in [0.05, 0.1) is 0 Å². The quantitative estimate of drug-likeness (QED) is 0.900. The molecule has 1 atom stereocenters. The van der Waals surface area contributed by atoms with Gasteiger partial charge in [-0.15, -0.1) is 0 Å². The minimum Gasteiger partial charge on any atom is -0.330 e. The number of rotatable bonds is 4. The summed E-state index contributed by atoms with van der Waals surface area (Å²) in [6, 6.07) is 4.03. The van der Waals surface area contributed by atoms with Gasteiger partial charge in [-0.05, 0) is 31.0 Å². The molecule has 0 saturated carbocycles. The minimum atomic E-state index is 0.470. The van der Waals surface area contributed by atoms with Crippen molar-refractivity contribution in [3.63, 3.8) is 0 Å². The van der Waals surface area contributed by atoms with Gasteiger partial charge in [0, 0.05) is 22.3 Å². The van der Waals surface area contributed by atoms with Gasteiger partial charge < -0.3 is 5.73 Å². The molecule has 0 aliphatic rings. The number of hydrogen-bond donors (Lipinski definition) is 1. The zero-order valence-electron chi connectivity index (χ0n) is 8.70. The van der Waals surface area contributed by atoms with Crippen molar-refractivity contribution < 1.29 is 0 Å². The first-order chi connectivity index (χ1) is 6.65. The summed E-state index contributed by atoms with van der Waals surface area (Å²) in [5.74, 6) is 1.05. The van der Waals surface area contributed by atoms with Gasteiger partial charge in [-0.2, -0.15) is 0 Å². The van der Waals surface area contributed by atoms with Crippen molar-refractivity contribution in [3.05, 3.63) is 28.5 Å². The number of nitrogens with two attached hydrogens (primary N) is 1. The van der Waals surface area contributed by atoms with E-state index < -0.39 is 0 Å². The van der Waals surface area contributed by atoms with Crippen molar-refractivity contribution in [2.24, 2.45) is 11.7 Å². The molecular weight excluding hydrogens is 240 g/mol. The summed E-state index contributed by atoms with van der Waals surface area (Å²) in [6.07, 6.45) is 2.84. The van der Waals surface area contributed by atoms with E-state index in [2.05, 4.69) is 40.8 Å². The molecule has 1 heterocycles. The molecule has 1 unspecified atom stereocenters. The molecule has 1 rings (SSSR count). The molecule has 0 fully saturated rings. The summed E-state index contributed by atoms with van der Waals surface area (Å²) < 4.78 is 1.09. The monoisotopic (exact) mass is 256 g/mol. The van der Waals surface area contributed by atoms with Crippen LogP contribution < -0.4 is 5.73 Å². The lowest BCUT2D eigenvalue weighted by Crippen LogP contribution is -2.13. The number of hydrogen-bond acceptors (Lipinski definition) is 2. The molecule has 0 aliphatic heterocycles. The second-order valence-electron chi connectivity index (χ2n) is 3.83. The van der Waals surface area contributed by atoms with Crippen LogP contribution in [0, 0.1) is 5.92 Å². The number of nitrogens with zero attached hydrogens (tertiary/aromatic N) is 1. The lowest BCUT2D eigenvalue weighted by atomic mass is 9.89. The topological polar surface area (TPSA) is 38.9 Å². The molecule has 2 N–H and O–H groups in total. The predicted molar refractivity (Wildman–Crippen MR) is 63.2 cm³/mol. The fraction of sp³-hybridized carbons (Fsp3) is 0.545. The van der Waals surface area contributed by atoms with Crippen molar-refractivity contribution in [1.29, 1.82) is 0 Å². The Morgan fingerprint density at radius 1 is 1.50 bits per heavy atom. The Kier molecular flexibility index (Phi) is 4.55. The molecule has 14 heavy (non-hydrogen) atoms. The van der Waals surface area contributed by atoms with Gasteiger partial charge >= 0.3 is 0 Å². The Morgan fingerprint density at radius 2 is 2.21 bits per heavy atom. The highest BCUT2D eigenvalue weighted by molar-refractivity contribution is 9.10. The summed E-state index contributed by atoms with van der Waals surface area (Å²) in [4.78, 5) is 4.39. The molecular formula is C11H17BrN2. The van der Waals surface area contributed by atoms with Crippen molar-refractivity contribution in [2.45, 2.75) is 26.2 Å². The minimum absolute atomic E-state index is 0.470. The summed E-state index contributed by atoms with van der Waals surface area (Å²) in [5, 5.41) is 0. The summed E-state index contributed by atoms with van der Waals surface area (Å²) in [6.45, 7) is 5.14. The lowest BCUT2D eigenvalue weighted by Gasteiger charge is -2.19. The molecule has 3 heteroatoms. The van der Waals surface area contributed by atoms with E-state index >= 15 is 0 Å². The van der Waals surface area contributed by atoms with Gasteiger partial charge in [-0.25, -0.2) is 0 Å². The largest absolute Gasteiger partial charge is 0.330 e. The first kappa shape index (κ1) is 11.7. The third kappa shape index (κ3) is 3.07. The van der Waals surface area contributed by atoms with Crippen LogP contribution in [0.3, 0.4) is 0 Å². The van der Waals surface area contributed by atoms with Crippen LogP contribution in [-0.2, 0) is 0 Å². The van der Waals surface area contributed by atoms with Crippen LogP contribution in [0.1, 0.15) is 31.9 Å². The summed E-state index contributed by atoms with van der Waals surface area (Å²) in [5.41, 5.74) is 6.74. The Morgan fingerprint density at radius 3 is 2.71 bits per heavy atom. The van der Waals surface area contributed by atoms with Crippen molar-refractivity contribution in [3.8, 4) is 0 Å². The Balaban J connectivity index is 2.87. The Bertz CT molecular complexity index is 286. The second-order valence-corrected chi connectivity index (χ2v) is 4.74. The van der Waals surface area contributed by atoms with Crippen LogP contribution in [-0.4, -0.2) is 11.5 Å². The molecule has 0 aliphatic carbocycles. The van der Waals surface area contributed by atoms with E-state index in [0.29, 0.717) is 11.8 Å². The van der Waals surface area contributed by atoms with Crippen LogP contribution in [0.15, 0.2) is 22.8 Å².